The van der Waals surface area contributed by atoms with Gasteiger partial charge in [0.2, 0.25) is 11.8 Å². The largest absolute Gasteiger partial charge is 0.476 e. The molecular weight excluding hydrogens is 365 g/mol. The van der Waals surface area contributed by atoms with Crippen LogP contribution in [0.15, 0.2) is 6.33 Å². The highest BCUT2D eigenvalue weighted by molar-refractivity contribution is 7.53. The van der Waals surface area contributed by atoms with Gasteiger partial charge in [0.15, 0.2) is 17.4 Å². The van der Waals surface area contributed by atoms with Crippen LogP contribution in [-0.4, -0.2) is 63.8 Å². The number of aromatic nitrogens is 4. The first-order valence-electron chi connectivity index (χ1n) is 8.25. The Morgan fingerprint density at radius 3 is 3.12 bits per heavy atom. The molecule has 12 heteroatoms. The Hall–Kier alpha value is -1.78. The van der Waals surface area contributed by atoms with Crippen molar-refractivity contribution in [2.45, 2.75) is 31.0 Å². The summed E-state index contributed by atoms with van der Waals surface area (Å²) >= 11 is 0. The Kier molecular flexibility index (Phi) is 3.38. The van der Waals surface area contributed by atoms with Crippen LogP contribution in [0, 0.1) is 0 Å². The fourth-order valence-electron chi connectivity index (χ4n) is 3.67. The topological polar surface area (TPSA) is 133 Å². The molecule has 140 valence electrons. The van der Waals surface area contributed by atoms with Gasteiger partial charge in [0.25, 0.3) is 0 Å². The third-order valence-corrected chi connectivity index (χ3v) is 5.99. The molecule has 0 amide bonds. The van der Waals surface area contributed by atoms with Gasteiger partial charge >= 0.3 is 7.60 Å². The second-order valence-electron chi connectivity index (χ2n) is 6.56. The number of fused-ring (bicyclic) bond motifs is 1. The minimum atomic E-state index is -3.12. The molecule has 2 N–H and O–H groups in total. The molecule has 0 aromatic carbocycles. The van der Waals surface area contributed by atoms with Crippen molar-refractivity contribution < 1.29 is 27.8 Å². The Morgan fingerprint density at radius 2 is 2.31 bits per heavy atom. The Balaban J connectivity index is 1.57. The molecule has 0 spiro atoms. The number of anilines is 1. The highest BCUT2D eigenvalue weighted by Crippen LogP contribution is 2.59. The number of hydrogen-bond donors (Lipinski definition) is 1. The predicted octanol–water partition coefficient (Wildman–Crippen LogP) is 0.712. The van der Waals surface area contributed by atoms with E-state index in [9.17, 15) is 4.57 Å². The lowest BCUT2D eigenvalue weighted by atomic mass is 10.0. The minimum Gasteiger partial charge on any atom is -0.476 e. The number of ether oxygens (including phenoxy) is 3. The van der Waals surface area contributed by atoms with Gasteiger partial charge in [-0.05, 0) is 6.92 Å². The third kappa shape index (κ3) is 2.21. The fraction of sp³-hybridized carbons (Fsp3) is 0.643. The van der Waals surface area contributed by atoms with E-state index >= 15 is 0 Å². The highest BCUT2D eigenvalue weighted by Gasteiger charge is 2.67. The van der Waals surface area contributed by atoms with Crippen molar-refractivity contribution >= 4 is 24.7 Å². The van der Waals surface area contributed by atoms with Crippen molar-refractivity contribution in [3.05, 3.63) is 6.33 Å². The molecule has 2 aromatic rings. The first kappa shape index (κ1) is 16.4. The van der Waals surface area contributed by atoms with Crippen LogP contribution in [0.2, 0.25) is 0 Å². The molecule has 26 heavy (non-hydrogen) atoms. The molecule has 3 fully saturated rings. The second kappa shape index (κ2) is 5.37. The summed E-state index contributed by atoms with van der Waals surface area (Å²) in [6.45, 7) is 4.17. The molecule has 5 atom stereocenters. The van der Waals surface area contributed by atoms with Crippen LogP contribution < -0.4 is 10.5 Å². The van der Waals surface area contributed by atoms with Crippen molar-refractivity contribution in [3.63, 3.8) is 0 Å². The lowest BCUT2D eigenvalue weighted by Gasteiger charge is -2.36. The first-order chi connectivity index (χ1) is 12.4. The monoisotopic (exact) mass is 383 g/mol. The van der Waals surface area contributed by atoms with Crippen molar-refractivity contribution in [1.82, 2.24) is 19.5 Å². The summed E-state index contributed by atoms with van der Waals surface area (Å²) in [7, 11) is -3.12. The van der Waals surface area contributed by atoms with E-state index in [0.29, 0.717) is 30.3 Å². The molecule has 1 unspecified atom stereocenters. The van der Waals surface area contributed by atoms with Crippen molar-refractivity contribution in [2.24, 2.45) is 0 Å². The summed E-state index contributed by atoms with van der Waals surface area (Å²) in [4.78, 5) is 12.7. The predicted molar refractivity (Wildman–Crippen MR) is 87.9 cm³/mol. The van der Waals surface area contributed by atoms with Crippen molar-refractivity contribution in [1.29, 1.82) is 0 Å². The van der Waals surface area contributed by atoms with Gasteiger partial charge in [-0.25, -0.2) is 4.98 Å². The van der Waals surface area contributed by atoms with Crippen LogP contribution in [0.25, 0.3) is 11.2 Å². The van der Waals surface area contributed by atoms with E-state index in [0.717, 1.165) is 0 Å². The average molecular weight is 383 g/mol. The number of rotatable bonds is 3. The standard InChI is InChI=1S/C14H18N5O6P/c1-3-21-11-7-10(17-13(15)18-11)19(6-16-7)12-8-9-14(24-12,4-22-8)5-23-26(2,20)25-9/h6,8-9,12H,3-5H2,1-2H3,(H2,15,17,18)/t8-,9+,12-,14-,26?/m1/s1. The van der Waals surface area contributed by atoms with E-state index in [-0.39, 0.29) is 12.6 Å². The average Bonchev–Trinajstić information content (AvgIpc) is 3.24. The molecule has 0 saturated carbocycles. The zero-order valence-electron chi connectivity index (χ0n) is 14.2. The van der Waals surface area contributed by atoms with E-state index < -0.39 is 31.6 Å². The van der Waals surface area contributed by atoms with Gasteiger partial charge < -0.3 is 24.5 Å². The smallest absolute Gasteiger partial charge is 0.328 e. The van der Waals surface area contributed by atoms with Gasteiger partial charge in [-0.3, -0.25) is 13.7 Å². The van der Waals surface area contributed by atoms with Crippen LogP contribution >= 0.6 is 7.60 Å². The Bertz CT molecular complexity index is 936. The molecule has 0 aliphatic carbocycles. The summed E-state index contributed by atoms with van der Waals surface area (Å²) in [5.74, 6) is 0.381. The second-order valence-corrected chi connectivity index (χ2v) is 8.58. The molecule has 2 bridgehead atoms. The van der Waals surface area contributed by atoms with E-state index in [2.05, 4.69) is 15.0 Å². The SMILES string of the molecule is CCOc1nc(N)nc2c1ncn2[C@@H]1O[C@@]23CO[C@@H]1[C@@H]2OP(C)(=O)OC3. The number of nitrogens with zero attached hydrogens (tertiary/aromatic N) is 4. The zero-order chi connectivity index (χ0) is 18.1. The molecule has 3 aliphatic rings. The van der Waals surface area contributed by atoms with Crippen molar-refractivity contribution in [2.75, 3.05) is 32.2 Å². The van der Waals surface area contributed by atoms with Crippen LogP contribution in [0.3, 0.4) is 0 Å². The fourth-order valence-corrected chi connectivity index (χ4v) is 4.91. The van der Waals surface area contributed by atoms with E-state index in [1.54, 1.807) is 10.9 Å². The van der Waals surface area contributed by atoms with Gasteiger partial charge in [0.05, 0.1) is 26.1 Å². The maximum Gasteiger partial charge on any atom is 0.328 e. The molecule has 3 saturated heterocycles. The van der Waals surface area contributed by atoms with Gasteiger partial charge in [-0.2, -0.15) is 9.97 Å². The summed E-state index contributed by atoms with van der Waals surface area (Å²) in [6.07, 6.45) is 0.0612. The van der Waals surface area contributed by atoms with Gasteiger partial charge in [0.1, 0.15) is 17.8 Å². The quantitative estimate of drug-likeness (QED) is 0.756. The van der Waals surface area contributed by atoms with Crippen LogP contribution in [-0.2, 0) is 23.1 Å². The summed E-state index contributed by atoms with van der Waals surface area (Å²) in [5.41, 5.74) is 5.96. The number of hydrogen-bond acceptors (Lipinski definition) is 10. The zero-order valence-corrected chi connectivity index (χ0v) is 15.1. The lowest BCUT2D eigenvalue weighted by molar-refractivity contribution is -0.187. The molecule has 5 heterocycles. The van der Waals surface area contributed by atoms with Crippen LogP contribution in [0.5, 0.6) is 5.88 Å². The van der Waals surface area contributed by atoms with Gasteiger partial charge in [0, 0.05) is 6.66 Å². The number of imidazole rings is 1. The maximum absolute atomic E-state index is 12.2. The lowest BCUT2D eigenvalue weighted by Crippen LogP contribution is -2.48. The summed E-state index contributed by atoms with van der Waals surface area (Å²) in [5, 5.41) is 0. The third-order valence-electron chi connectivity index (χ3n) is 4.78. The molecule has 3 aliphatic heterocycles. The minimum absolute atomic E-state index is 0.0694. The van der Waals surface area contributed by atoms with Gasteiger partial charge in [-0.1, -0.05) is 0 Å². The van der Waals surface area contributed by atoms with Crippen molar-refractivity contribution in [3.8, 4) is 5.88 Å². The molecular formula is C14H18N5O6P. The van der Waals surface area contributed by atoms with E-state index in [4.69, 9.17) is 29.0 Å². The number of nitrogen functional groups attached to an aromatic ring is 1. The summed E-state index contributed by atoms with van der Waals surface area (Å²) < 4.78 is 42.6. The summed E-state index contributed by atoms with van der Waals surface area (Å²) in [6, 6.07) is 0. The molecule has 11 nitrogen and oxygen atoms in total. The van der Waals surface area contributed by atoms with E-state index in [1.807, 2.05) is 6.92 Å². The van der Waals surface area contributed by atoms with E-state index in [1.165, 1.54) is 6.66 Å². The molecule has 5 rings (SSSR count). The Labute approximate surface area is 148 Å². The van der Waals surface area contributed by atoms with Crippen LogP contribution in [0.4, 0.5) is 5.95 Å². The Morgan fingerprint density at radius 1 is 1.46 bits per heavy atom. The van der Waals surface area contributed by atoms with Crippen LogP contribution in [0.1, 0.15) is 13.2 Å². The van der Waals surface area contributed by atoms with Gasteiger partial charge in [-0.15, -0.1) is 0 Å². The molecule has 0 radical (unpaired) electrons. The number of nitrogens with two attached hydrogens (primary N) is 1. The normalized spacial score (nSPS) is 38.6. The molecule has 2 aromatic heterocycles. The highest BCUT2D eigenvalue weighted by atomic mass is 31.2. The maximum atomic E-state index is 12.2. The first-order valence-corrected chi connectivity index (χ1v) is 10.2.